The van der Waals surface area contributed by atoms with Gasteiger partial charge in [-0.1, -0.05) is 20.8 Å². The van der Waals surface area contributed by atoms with Crippen LogP contribution in [0.15, 0.2) is 40.9 Å². The van der Waals surface area contributed by atoms with Crippen LogP contribution < -0.4 is 0 Å². The van der Waals surface area contributed by atoms with Crippen LogP contribution in [-0.2, 0) is 6.18 Å². The number of oxazole rings is 1. The van der Waals surface area contributed by atoms with Gasteiger partial charge in [0.25, 0.3) is 0 Å². The predicted octanol–water partition coefficient (Wildman–Crippen LogP) is 6.18. The van der Waals surface area contributed by atoms with Crippen molar-refractivity contribution in [3.05, 3.63) is 47.7 Å². The minimum absolute atomic E-state index is 0.123. The molecule has 0 saturated carbocycles. The van der Waals surface area contributed by atoms with Gasteiger partial charge in [0.2, 0.25) is 11.6 Å². The van der Waals surface area contributed by atoms with E-state index in [1.54, 1.807) is 6.20 Å². The van der Waals surface area contributed by atoms with Crippen LogP contribution in [0.2, 0.25) is 0 Å². The molecule has 6 nitrogen and oxygen atoms in total. The first-order valence-corrected chi connectivity index (χ1v) is 10.4. The number of piperidine rings is 1. The third-order valence-electron chi connectivity index (χ3n) is 6.05. The summed E-state index contributed by atoms with van der Waals surface area (Å²) in [6.45, 7) is 6.54. The van der Waals surface area contributed by atoms with E-state index in [9.17, 15) is 23.1 Å². The molecule has 0 spiro atoms. The van der Waals surface area contributed by atoms with E-state index in [1.807, 2.05) is 26.8 Å². The molecule has 0 radical (unpaired) electrons. The second-order valence-electron chi connectivity index (χ2n) is 9.27. The van der Waals surface area contributed by atoms with Crippen LogP contribution in [0.3, 0.4) is 0 Å². The quantitative estimate of drug-likeness (QED) is 0.507. The molecule has 3 aromatic rings. The first kappa shape index (κ1) is 22.1. The van der Waals surface area contributed by atoms with Gasteiger partial charge in [-0.15, -0.1) is 0 Å². The molecular formula is C23H24F3N3O3. The third kappa shape index (κ3) is 4.28. The van der Waals surface area contributed by atoms with E-state index in [0.29, 0.717) is 36.2 Å². The lowest BCUT2D eigenvalue weighted by Gasteiger charge is -2.44. The number of nitrogens with zero attached hydrogens (tertiary/aromatic N) is 3. The maximum atomic E-state index is 12.8. The topological polar surface area (TPSA) is 79.5 Å². The highest BCUT2D eigenvalue weighted by Gasteiger charge is 2.39. The number of carbonyl (C=O) groups is 1. The molecular weight excluding hydrogens is 423 g/mol. The first-order chi connectivity index (χ1) is 14.9. The number of benzene rings is 1. The minimum atomic E-state index is -4.41. The average molecular weight is 447 g/mol. The normalized spacial score (nSPS) is 20.0. The molecule has 0 bridgehead atoms. The number of fused-ring (bicyclic) bond motifs is 1. The molecule has 3 heterocycles. The van der Waals surface area contributed by atoms with Crippen LogP contribution >= 0.6 is 0 Å². The number of halogens is 3. The van der Waals surface area contributed by atoms with Crippen LogP contribution in [0, 0.1) is 5.41 Å². The van der Waals surface area contributed by atoms with Crippen molar-refractivity contribution in [3.63, 3.8) is 0 Å². The van der Waals surface area contributed by atoms with Gasteiger partial charge in [0.15, 0.2) is 0 Å². The summed E-state index contributed by atoms with van der Waals surface area (Å²) < 4.78 is 44.0. The van der Waals surface area contributed by atoms with Crippen molar-refractivity contribution in [1.29, 1.82) is 0 Å². The van der Waals surface area contributed by atoms with Gasteiger partial charge in [0.1, 0.15) is 5.52 Å². The Kier molecular flexibility index (Phi) is 5.38. The fourth-order valence-corrected chi connectivity index (χ4v) is 4.31. The molecule has 1 saturated heterocycles. The van der Waals surface area contributed by atoms with Crippen molar-refractivity contribution < 1.29 is 27.5 Å². The molecule has 2 aromatic heterocycles. The number of pyridine rings is 1. The molecule has 2 atom stereocenters. The second kappa shape index (κ2) is 7.79. The molecule has 1 amide bonds. The minimum Gasteiger partial charge on any atom is -0.465 e. The number of carboxylic acid groups (broad SMARTS) is 1. The van der Waals surface area contributed by atoms with E-state index in [0.717, 1.165) is 17.7 Å². The Morgan fingerprint density at radius 1 is 1.19 bits per heavy atom. The smallest absolute Gasteiger partial charge is 0.416 e. The maximum absolute atomic E-state index is 12.8. The van der Waals surface area contributed by atoms with Crippen molar-refractivity contribution in [2.45, 2.75) is 51.7 Å². The first-order valence-electron chi connectivity index (χ1n) is 10.4. The van der Waals surface area contributed by atoms with E-state index < -0.39 is 17.8 Å². The van der Waals surface area contributed by atoms with Crippen LogP contribution in [0.5, 0.6) is 0 Å². The predicted molar refractivity (Wildman–Crippen MR) is 112 cm³/mol. The van der Waals surface area contributed by atoms with Crippen molar-refractivity contribution in [1.82, 2.24) is 14.9 Å². The number of alkyl halides is 3. The Labute approximate surface area is 183 Å². The number of hydrogen-bond acceptors (Lipinski definition) is 4. The largest absolute Gasteiger partial charge is 0.465 e. The highest BCUT2D eigenvalue weighted by Crippen LogP contribution is 2.39. The third-order valence-corrected chi connectivity index (χ3v) is 6.05. The van der Waals surface area contributed by atoms with Crippen LogP contribution in [-0.4, -0.2) is 38.7 Å². The maximum Gasteiger partial charge on any atom is 0.416 e. The molecule has 0 aliphatic carbocycles. The molecule has 170 valence electrons. The summed E-state index contributed by atoms with van der Waals surface area (Å²) in [6.07, 6.45) is -2.25. The average Bonchev–Trinajstić information content (AvgIpc) is 3.15. The summed E-state index contributed by atoms with van der Waals surface area (Å²) in [6, 6.07) is 6.38. The summed E-state index contributed by atoms with van der Waals surface area (Å²) in [5, 5.41) is 9.57. The Balaban J connectivity index is 1.60. The molecule has 4 rings (SSSR count). The number of rotatable bonds is 2. The molecule has 32 heavy (non-hydrogen) atoms. The summed E-state index contributed by atoms with van der Waals surface area (Å²) >= 11 is 0. The number of aromatic nitrogens is 2. The molecule has 1 fully saturated rings. The van der Waals surface area contributed by atoms with Gasteiger partial charge in [-0.2, -0.15) is 13.2 Å². The van der Waals surface area contributed by atoms with E-state index in [1.165, 1.54) is 17.0 Å². The summed E-state index contributed by atoms with van der Waals surface area (Å²) in [5.41, 5.74) is 1.26. The summed E-state index contributed by atoms with van der Waals surface area (Å²) in [5.74, 6) is 0.324. The van der Waals surface area contributed by atoms with Crippen molar-refractivity contribution in [2.75, 3.05) is 6.54 Å². The fourth-order valence-electron chi connectivity index (χ4n) is 4.31. The van der Waals surface area contributed by atoms with Crippen LogP contribution in [0.1, 0.15) is 50.7 Å². The zero-order valence-electron chi connectivity index (χ0n) is 18.0. The van der Waals surface area contributed by atoms with Crippen molar-refractivity contribution in [2.24, 2.45) is 5.41 Å². The molecule has 1 aliphatic heterocycles. The summed E-state index contributed by atoms with van der Waals surface area (Å²) in [7, 11) is 0. The van der Waals surface area contributed by atoms with E-state index in [4.69, 9.17) is 4.42 Å². The lowest BCUT2D eigenvalue weighted by Crippen LogP contribution is -2.51. The van der Waals surface area contributed by atoms with Gasteiger partial charge < -0.3 is 14.4 Å². The number of amides is 1. The highest BCUT2D eigenvalue weighted by atomic mass is 19.4. The Bertz CT molecular complexity index is 1130. The molecule has 1 aliphatic rings. The van der Waals surface area contributed by atoms with E-state index in [-0.39, 0.29) is 23.3 Å². The standard InChI is InChI=1S/C23H24F3N3O3/c1-22(2,3)18-11-14(8-9-29(18)21(30)31)15-10-17-20(27-12-15)32-19(28-17)13-4-6-16(7-5-13)23(24,25)26/h4-7,10,12,14,18H,8-9,11H2,1-3H3,(H,30,31). The second-order valence-corrected chi connectivity index (χ2v) is 9.27. The van der Waals surface area contributed by atoms with Gasteiger partial charge in [0, 0.05) is 24.3 Å². The number of hydrogen-bond donors (Lipinski definition) is 1. The molecule has 2 unspecified atom stereocenters. The van der Waals surface area contributed by atoms with Crippen LogP contribution in [0.4, 0.5) is 18.0 Å². The molecule has 1 N–H and O–H groups in total. The van der Waals surface area contributed by atoms with Gasteiger partial charge in [-0.05, 0) is 60.1 Å². The van der Waals surface area contributed by atoms with E-state index in [2.05, 4.69) is 9.97 Å². The lowest BCUT2D eigenvalue weighted by molar-refractivity contribution is -0.137. The van der Waals surface area contributed by atoms with Gasteiger partial charge in [-0.3, -0.25) is 0 Å². The Hall–Kier alpha value is -3.10. The van der Waals surface area contributed by atoms with Crippen molar-refractivity contribution >= 4 is 17.3 Å². The zero-order valence-corrected chi connectivity index (χ0v) is 18.0. The highest BCUT2D eigenvalue weighted by molar-refractivity contribution is 5.73. The van der Waals surface area contributed by atoms with Crippen molar-refractivity contribution in [3.8, 4) is 11.5 Å². The SMILES string of the molecule is CC(C)(C)C1CC(c2cnc3oc(-c4ccc(C(F)(F)F)cc4)nc3c2)CCN1C(=O)O. The Morgan fingerprint density at radius 3 is 2.47 bits per heavy atom. The Morgan fingerprint density at radius 2 is 1.88 bits per heavy atom. The van der Waals surface area contributed by atoms with Gasteiger partial charge >= 0.3 is 12.3 Å². The van der Waals surface area contributed by atoms with Gasteiger partial charge in [-0.25, -0.2) is 14.8 Å². The van der Waals surface area contributed by atoms with E-state index >= 15 is 0 Å². The molecule has 9 heteroatoms. The lowest BCUT2D eigenvalue weighted by atomic mass is 9.75. The van der Waals surface area contributed by atoms with Gasteiger partial charge in [0.05, 0.1) is 5.56 Å². The summed E-state index contributed by atoms with van der Waals surface area (Å²) in [4.78, 5) is 22.0. The number of likely N-dealkylation sites (tertiary alicyclic amines) is 1. The van der Waals surface area contributed by atoms with Crippen LogP contribution in [0.25, 0.3) is 22.7 Å². The fraction of sp³-hybridized carbons (Fsp3) is 0.435. The molecule has 1 aromatic carbocycles. The monoisotopic (exact) mass is 447 g/mol. The zero-order chi connectivity index (χ0) is 23.3.